The third-order valence-electron chi connectivity index (χ3n) is 2.57. The number of aromatic nitrogens is 4. The fraction of sp³-hybridized carbons (Fsp3) is 0.250. The van der Waals surface area contributed by atoms with Gasteiger partial charge in [0.2, 0.25) is 0 Å². The number of H-pyrrole nitrogens is 1. The summed E-state index contributed by atoms with van der Waals surface area (Å²) in [6.45, 7) is 2.32. The number of fused-ring (bicyclic) bond motifs is 1. The summed E-state index contributed by atoms with van der Waals surface area (Å²) in [6.07, 6.45) is 0. The molecule has 3 heterocycles. The van der Waals surface area contributed by atoms with Crippen molar-refractivity contribution in [1.82, 2.24) is 20.1 Å². The average Bonchev–Trinajstić information content (AvgIpc) is 2.94. The second kappa shape index (κ2) is 4.23. The minimum atomic E-state index is 0.393. The average molecular weight is 244 g/mol. The van der Waals surface area contributed by atoms with Crippen molar-refractivity contribution in [1.29, 1.82) is 0 Å². The van der Waals surface area contributed by atoms with Crippen molar-refractivity contribution in [2.75, 3.05) is 7.11 Å². The van der Waals surface area contributed by atoms with Crippen LogP contribution >= 0.6 is 0 Å². The molecule has 0 aliphatic heterocycles. The molecule has 0 aliphatic rings. The van der Waals surface area contributed by atoms with Crippen molar-refractivity contribution >= 4 is 11.2 Å². The molecule has 0 saturated carbocycles. The number of methoxy groups -OCH3 is 1. The maximum Gasteiger partial charge on any atom is 0.178 e. The lowest BCUT2D eigenvalue weighted by molar-refractivity contribution is 0.156. The maximum absolute atomic E-state index is 5.12. The van der Waals surface area contributed by atoms with E-state index in [1.165, 1.54) is 0 Å². The van der Waals surface area contributed by atoms with E-state index in [4.69, 9.17) is 9.26 Å². The molecule has 92 valence electrons. The molecule has 0 amide bonds. The lowest BCUT2D eigenvalue weighted by Gasteiger charge is -1.88. The standard InChI is InChI=1S/C12H12N4O2/c1-7-3-4-9-11(13-7)15-12(14-9)10-5-8(6-17-2)18-16-10/h3-5H,6H2,1-2H3,(H,13,14,15). The van der Waals surface area contributed by atoms with E-state index in [1.807, 2.05) is 19.1 Å². The first-order valence-electron chi connectivity index (χ1n) is 5.54. The molecule has 0 saturated heterocycles. The van der Waals surface area contributed by atoms with Gasteiger partial charge >= 0.3 is 0 Å². The van der Waals surface area contributed by atoms with E-state index in [0.29, 0.717) is 29.5 Å². The van der Waals surface area contributed by atoms with Crippen molar-refractivity contribution in [2.45, 2.75) is 13.5 Å². The molecule has 1 N–H and O–H groups in total. The predicted molar refractivity (Wildman–Crippen MR) is 64.8 cm³/mol. The van der Waals surface area contributed by atoms with Crippen LogP contribution in [0.3, 0.4) is 0 Å². The molecule has 0 atom stereocenters. The number of rotatable bonds is 3. The highest BCUT2D eigenvalue weighted by atomic mass is 16.5. The molecular weight excluding hydrogens is 232 g/mol. The maximum atomic E-state index is 5.12. The Bertz CT molecular complexity index is 686. The van der Waals surface area contributed by atoms with Crippen molar-refractivity contribution in [3.05, 3.63) is 29.7 Å². The van der Waals surface area contributed by atoms with E-state index < -0.39 is 0 Å². The number of hydrogen-bond acceptors (Lipinski definition) is 5. The Hall–Kier alpha value is -2.21. The van der Waals surface area contributed by atoms with Gasteiger partial charge in [-0.1, -0.05) is 5.16 Å². The number of aryl methyl sites for hydroxylation is 1. The Kier molecular flexibility index (Phi) is 2.56. The van der Waals surface area contributed by atoms with Crippen LogP contribution in [0.15, 0.2) is 22.7 Å². The summed E-state index contributed by atoms with van der Waals surface area (Å²) >= 11 is 0. The topological polar surface area (TPSA) is 76.8 Å². The van der Waals surface area contributed by atoms with Gasteiger partial charge in [-0.15, -0.1) is 0 Å². The van der Waals surface area contributed by atoms with E-state index in [2.05, 4.69) is 20.1 Å². The summed E-state index contributed by atoms with van der Waals surface area (Å²) in [5.41, 5.74) is 3.15. The van der Waals surface area contributed by atoms with Crippen molar-refractivity contribution in [3.8, 4) is 11.5 Å². The lowest BCUT2D eigenvalue weighted by atomic mass is 10.3. The van der Waals surface area contributed by atoms with E-state index >= 15 is 0 Å². The first-order chi connectivity index (χ1) is 8.76. The Morgan fingerprint density at radius 3 is 3.06 bits per heavy atom. The van der Waals surface area contributed by atoms with Gasteiger partial charge in [0.15, 0.2) is 17.2 Å². The Morgan fingerprint density at radius 1 is 1.33 bits per heavy atom. The second-order valence-electron chi connectivity index (χ2n) is 4.02. The van der Waals surface area contributed by atoms with E-state index in [0.717, 1.165) is 11.2 Å². The molecular formula is C12H12N4O2. The van der Waals surface area contributed by atoms with Crippen molar-refractivity contribution in [3.63, 3.8) is 0 Å². The highest BCUT2D eigenvalue weighted by molar-refractivity contribution is 5.75. The summed E-state index contributed by atoms with van der Waals surface area (Å²) in [4.78, 5) is 11.9. The van der Waals surface area contributed by atoms with Gasteiger partial charge in [0.1, 0.15) is 12.3 Å². The van der Waals surface area contributed by atoms with E-state index in [-0.39, 0.29) is 0 Å². The first-order valence-corrected chi connectivity index (χ1v) is 5.54. The summed E-state index contributed by atoms with van der Waals surface area (Å²) in [5, 5.41) is 3.95. The number of pyridine rings is 1. The molecule has 0 aliphatic carbocycles. The summed E-state index contributed by atoms with van der Waals surface area (Å²) in [6, 6.07) is 5.68. The van der Waals surface area contributed by atoms with Gasteiger partial charge in [-0.25, -0.2) is 9.97 Å². The van der Waals surface area contributed by atoms with Gasteiger partial charge in [-0.05, 0) is 19.1 Å². The van der Waals surface area contributed by atoms with Gasteiger partial charge in [-0.3, -0.25) is 0 Å². The monoisotopic (exact) mass is 244 g/mol. The van der Waals surface area contributed by atoms with Gasteiger partial charge < -0.3 is 14.2 Å². The second-order valence-corrected chi connectivity index (χ2v) is 4.02. The predicted octanol–water partition coefficient (Wildman–Crippen LogP) is 2.07. The van der Waals surface area contributed by atoms with Crippen LogP contribution in [0.2, 0.25) is 0 Å². The number of aromatic amines is 1. The number of nitrogens with one attached hydrogen (secondary N) is 1. The molecule has 0 fully saturated rings. The zero-order chi connectivity index (χ0) is 12.5. The molecule has 0 unspecified atom stereocenters. The largest absolute Gasteiger partial charge is 0.377 e. The fourth-order valence-corrected chi connectivity index (χ4v) is 1.74. The molecule has 0 spiro atoms. The quantitative estimate of drug-likeness (QED) is 0.763. The highest BCUT2D eigenvalue weighted by Gasteiger charge is 2.11. The van der Waals surface area contributed by atoms with Gasteiger partial charge in [0.05, 0.1) is 5.52 Å². The van der Waals surface area contributed by atoms with E-state index in [1.54, 1.807) is 13.2 Å². The van der Waals surface area contributed by atoms with Crippen LogP contribution in [0, 0.1) is 6.92 Å². The minimum absolute atomic E-state index is 0.393. The number of ether oxygens (including phenoxy) is 1. The van der Waals surface area contributed by atoms with E-state index in [9.17, 15) is 0 Å². The molecule has 6 heteroatoms. The third-order valence-corrected chi connectivity index (χ3v) is 2.57. The fourth-order valence-electron chi connectivity index (χ4n) is 1.74. The molecule has 3 aromatic heterocycles. The smallest absolute Gasteiger partial charge is 0.178 e. The SMILES string of the molecule is COCc1cc(-c2nc3nc(C)ccc3[nH]2)no1. The molecule has 3 aromatic rings. The lowest BCUT2D eigenvalue weighted by Crippen LogP contribution is -1.82. The van der Waals surface area contributed by atoms with Crippen LogP contribution in [-0.2, 0) is 11.3 Å². The molecule has 0 radical (unpaired) electrons. The highest BCUT2D eigenvalue weighted by Crippen LogP contribution is 2.19. The zero-order valence-electron chi connectivity index (χ0n) is 10.1. The van der Waals surface area contributed by atoms with Crippen LogP contribution in [0.5, 0.6) is 0 Å². The number of imidazole rings is 1. The van der Waals surface area contributed by atoms with Crippen LogP contribution in [-0.4, -0.2) is 27.2 Å². The van der Waals surface area contributed by atoms with Crippen molar-refractivity contribution < 1.29 is 9.26 Å². The molecule has 6 nitrogen and oxygen atoms in total. The molecule has 3 rings (SSSR count). The summed E-state index contributed by atoms with van der Waals surface area (Å²) < 4.78 is 10.1. The normalized spacial score (nSPS) is 11.2. The zero-order valence-corrected chi connectivity index (χ0v) is 10.1. The van der Waals surface area contributed by atoms with Crippen molar-refractivity contribution in [2.24, 2.45) is 0 Å². The van der Waals surface area contributed by atoms with Crippen LogP contribution < -0.4 is 0 Å². The van der Waals surface area contributed by atoms with Gasteiger partial charge in [0, 0.05) is 18.9 Å². The third kappa shape index (κ3) is 1.86. The van der Waals surface area contributed by atoms with Crippen LogP contribution in [0.25, 0.3) is 22.7 Å². The first kappa shape index (κ1) is 10.9. The Labute approximate surface area is 103 Å². The van der Waals surface area contributed by atoms with Gasteiger partial charge in [0.25, 0.3) is 0 Å². The molecule has 18 heavy (non-hydrogen) atoms. The Morgan fingerprint density at radius 2 is 2.22 bits per heavy atom. The number of hydrogen-bond donors (Lipinski definition) is 1. The van der Waals surface area contributed by atoms with Gasteiger partial charge in [-0.2, -0.15) is 0 Å². The van der Waals surface area contributed by atoms with Crippen LogP contribution in [0.4, 0.5) is 0 Å². The molecule has 0 bridgehead atoms. The summed E-state index contributed by atoms with van der Waals surface area (Å²) in [5.74, 6) is 1.31. The number of nitrogens with zero attached hydrogens (tertiary/aromatic N) is 3. The van der Waals surface area contributed by atoms with Crippen LogP contribution in [0.1, 0.15) is 11.5 Å². The minimum Gasteiger partial charge on any atom is -0.377 e. The molecule has 0 aromatic carbocycles. The summed E-state index contributed by atoms with van der Waals surface area (Å²) in [7, 11) is 1.61. The Balaban J connectivity index is 2.02.